The van der Waals surface area contributed by atoms with E-state index in [1.165, 1.54) is 16.4 Å². The van der Waals surface area contributed by atoms with Crippen LogP contribution in [0.15, 0.2) is 41.3 Å². The van der Waals surface area contributed by atoms with Crippen LogP contribution in [0.5, 0.6) is 17.2 Å². The highest BCUT2D eigenvalue weighted by molar-refractivity contribution is 7.99. The summed E-state index contributed by atoms with van der Waals surface area (Å²) >= 11 is 1.71. The van der Waals surface area contributed by atoms with Gasteiger partial charge in [0, 0.05) is 24.1 Å². The number of benzene rings is 2. The summed E-state index contributed by atoms with van der Waals surface area (Å²) in [6.07, 6.45) is 0.656. The van der Waals surface area contributed by atoms with Gasteiger partial charge in [0.15, 0.2) is 23.1 Å². The van der Waals surface area contributed by atoms with Gasteiger partial charge in [0.2, 0.25) is 16.8 Å². The Bertz CT molecular complexity index is 998. The zero-order valence-electron chi connectivity index (χ0n) is 16.0. The van der Waals surface area contributed by atoms with Crippen molar-refractivity contribution in [3.05, 3.63) is 47.8 Å². The molecule has 2 aromatic carbocycles. The highest BCUT2D eigenvalue weighted by atomic mass is 32.2. The third kappa shape index (κ3) is 4.17. The van der Waals surface area contributed by atoms with Gasteiger partial charge in [0.25, 0.3) is 0 Å². The van der Waals surface area contributed by atoms with Crippen LogP contribution < -0.4 is 14.2 Å². The molecular weight excluding hydrogens is 417 g/mol. The highest BCUT2D eigenvalue weighted by Gasteiger charge is 2.29. The monoisotopic (exact) mass is 439 g/mol. The lowest BCUT2D eigenvalue weighted by molar-refractivity contribution is 0.174. The van der Waals surface area contributed by atoms with Crippen LogP contribution in [0.1, 0.15) is 24.2 Å². The second-order valence-electron chi connectivity index (χ2n) is 6.69. The molecule has 4 rings (SSSR count). The average molecular weight is 440 g/mol. The fourth-order valence-electron chi connectivity index (χ4n) is 3.43. The van der Waals surface area contributed by atoms with E-state index in [2.05, 4.69) is 0 Å². The summed E-state index contributed by atoms with van der Waals surface area (Å²) in [7, 11) is -3.77. The number of hydrogen-bond acceptors (Lipinski definition) is 6. The third-order valence-electron chi connectivity index (χ3n) is 4.91. The highest BCUT2D eigenvalue weighted by Crippen LogP contribution is 2.40. The number of halogens is 1. The molecule has 0 N–H and O–H groups in total. The summed E-state index contributed by atoms with van der Waals surface area (Å²) in [6.45, 7) is 3.02. The lowest BCUT2D eigenvalue weighted by Gasteiger charge is -2.20. The van der Waals surface area contributed by atoms with E-state index in [9.17, 15) is 12.8 Å². The maximum absolute atomic E-state index is 14.2. The third-order valence-corrected chi connectivity index (χ3v) is 8.13. The van der Waals surface area contributed by atoms with Crippen molar-refractivity contribution in [2.45, 2.75) is 23.5 Å². The van der Waals surface area contributed by atoms with Gasteiger partial charge in [0.05, 0.1) is 11.5 Å². The van der Waals surface area contributed by atoms with E-state index in [0.717, 1.165) is 23.1 Å². The normalized spacial score (nSPS) is 19.7. The van der Waals surface area contributed by atoms with Gasteiger partial charge in [-0.1, -0.05) is 6.07 Å². The first-order valence-electron chi connectivity index (χ1n) is 9.42. The summed E-state index contributed by atoms with van der Waals surface area (Å²) in [4.78, 5) is -0.0509. The first-order chi connectivity index (χ1) is 14.0. The van der Waals surface area contributed by atoms with Crippen LogP contribution >= 0.6 is 11.8 Å². The molecule has 9 heteroatoms. The molecule has 0 spiro atoms. The van der Waals surface area contributed by atoms with Crippen molar-refractivity contribution in [1.29, 1.82) is 0 Å². The molecule has 29 heavy (non-hydrogen) atoms. The van der Waals surface area contributed by atoms with Gasteiger partial charge in [-0.15, -0.1) is 0 Å². The maximum Gasteiger partial charge on any atom is 0.243 e. The standard InChI is InChI=1S/C20H22FNO5S2/c1-2-25-17-6-4-15(12-16(17)21)29(23,24)22-8-7-20(28-10-9-22)14-3-5-18-19(11-14)27-13-26-18/h3-6,11-12,20H,2,7-10,13H2,1H3/t20-/m0/s1. The summed E-state index contributed by atoms with van der Waals surface area (Å²) in [6, 6.07) is 9.65. The van der Waals surface area contributed by atoms with Crippen LogP contribution in [-0.4, -0.2) is 45.0 Å². The first kappa shape index (κ1) is 20.3. The van der Waals surface area contributed by atoms with Gasteiger partial charge in [0.1, 0.15) is 0 Å². The van der Waals surface area contributed by atoms with Crippen LogP contribution in [0.25, 0.3) is 0 Å². The molecule has 1 atom stereocenters. The van der Waals surface area contributed by atoms with Crippen molar-refractivity contribution >= 4 is 21.8 Å². The smallest absolute Gasteiger partial charge is 0.243 e. The molecule has 1 saturated heterocycles. The number of ether oxygens (including phenoxy) is 3. The maximum atomic E-state index is 14.2. The van der Waals surface area contributed by atoms with Crippen LogP contribution in [0.2, 0.25) is 0 Å². The Morgan fingerprint density at radius 1 is 1.17 bits per heavy atom. The van der Waals surface area contributed by atoms with E-state index in [1.807, 2.05) is 18.2 Å². The Hall–Kier alpha value is -1.97. The van der Waals surface area contributed by atoms with Gasteiger partial charge >= 0.3 is 0 Å². The molecule has 2 aromatic rings. The van der Waals surface area contributed by atoms with Gasteiger partial charge in [-0.25, -0.2) is 12.8 Å². The van der Waals surface area contributed by atoms with E-state index in [-0.39, 0.29) is 22.7 Å². The second-order valence-corrected chi connectivity index (χ2v) is 9.94. The van der Waals surface area contributed by atoms with Crippen molar-refractivity contribution in [3.63, 3.8) is 0 Å². The molecule has 2 aliphatic rings. The predicted octanol–water partition coefficient (Wildman–Crippen LogP) is 3.82. The van der Waals surface area contributed by atoms with Crippen molar-refractivity contribution in [3.8, 4) is 17.2 Å². The number of fused-ring (bicyclic) bond motifs is 1. The molecule has 0 bridgehead atoms. The Morgan fingerprint density at radius 2 is 2.00 bits per heavy atom. The Labute approximate surface area is 174 Å². The number of hydrogen-bond donors (Lipinski definition) is 0. The minimum atomic E-state index is -3.77. The molecule has 0 aliphatic carbocycles. The van der Waals surface area contributed by atoms with E-state index < -0.39 is 15.8 Å². The SMILES string of the molecule is CCOc1ccc(S(=O)(=O)N2CCS[C@H](c3ccc4c(c3)OCO4)CC2)cc1F. The molecule has 2 heterocycles. The molecular formula is C20H22FNO5S2. The number of rotatable bonds is 5. The number of sulfonamides is 1. The van der Waals surface area contributed by atoms with Gasteiger partial charge in [-0.05, 0) is 49.2 Å². The fourth-order valence-corrected chi connectivity index (χ4v) is 6.24. The Kier molecular flexibility index (Phi) is 5.89. The number of thioether (sulfide) groups is 1. The van der Waals surface area contributed by atoms with Crippen molar-refractivity contribution < 1.29 is 27.0 Å². The van der Waals surface area contributed by atoms with E-state index in [0.29, 0.717) is 31.9 Å². The summed E-state index contributed by atoms with van der Waals surface area (Å²) in [5.41, 5.74) is 1.09. The minimum Gasteiger partial charge on any atom is -0.491 e. The zero-order valence-corrected chi connectivity index (χ0v) is 17.6. The summed E-state index contributed by atoms with van der Waals surface area (Å²) in [5.74, 6) is 1.49. The van der Waals surface area contributed by atoms with Crippen molar-refractivity contribution in [2.24, 2.45) is 0 Å². The molecule has 0 radical (unpaired) electrons. The van der Waals surface area contributed by atoms with Gasteiger partial charge in [-0.3, -0.25) is 0 Å². The Balaban J connectivity index is 1.49. The molecule has 0 unspecified atom stereocenters. The fraction of sp³-hybridized carbons (Fsp3) is 0.400. The molecule has 2 aliphatic heterocycles. The summed E-state index contributed by atoms with van der Waals surface area (Å²) in [5, 5.41) is 0.154. The second kappa shape index (κ2) is 8.41. The zero-order chi connectivity index (χ0) is 20.4. The molecule has 156 valence electrons. The average Bonchev–Trinajstić information content (AvgIpc) is 3.03. The summed E-state index contributed by atoms with van der Waals surface area (Å²) < 4.78 is 57.6. The lowest BCUT2D eigenvalue weighted by atomic mass is 10.1. The van der Waals surface area contributed by atoms with Crippen LogP contribution in [0.3, 0.4) is 0 Å². The van der Waals surface area contributed by atoms with E-state index in [1.54, 1.807) is 18.7 Å². The predicted molar refractivity (Wildman–Crippen MR) is 109 cm³/mol. The van der Waals surface area contributed by atoms with Crippen LogP contribution in [0, 0.1) is 5.82 Å². The molecule has 0 aromatic heterocycles. The first-order valence-corrected chi connectivity index (χ1v) is 11.9. The molecule has 0 amide bonds. The quantitative estimate of drug-likeness (QED) is 0.706. The van der Waals surface area contributed by atoms with E-state index in [4.69, 9.17) is 14.2 Å². The van der Waals surface area contributed by atoms with E-state index >= 15 is 0 Å². The lowest BCUT2D eigenvalue weighted by Crippen LogP contribution is -2.33. The Morgan fingerprint density at radius 3 is 2.79 bits per heavy atom. The molecule has 1 fully saturated rings. The van der Waals surface area contributed by atoms with Crippen molar-refractivity contribution in [2.75, 3.05) is 32.2 Å². The number of nitrogens with zero attached hydrogens (tertiary/aromatic N) is 1. The minimum absolute atomic E-state index is 0.0509. The molecule has 6 nitrogen and oxygen atoms in total. The molecule has 0 saturated carbocycles. The topological polar surface area (TPSA) is 65.1 Å². The largest absolute Gasteiger partial charge is 0.491 e. The van der Waals surface area contributed by atoms with Crippen LogP contribution in [0.4, 0.5) is 4.39 Å². The van der Waals surface area contributed by atoms with Crippen molar-refractivity contribution in [1.82, 2.24) is 4.31 Å². The van der Waals surface area contributed by atoms with Gasteiger partial charge < -0.3 is 14.2 Å². The van der Waals surface area contributed by atoms with Crippen LogP contribution in [-0.2, 0) is 10.0 Å². The van der Waals surface area contributed by atoms with Gasteiger partial charge in [-0.2, -0.15) is 16.1 Å².